The first-order chi connectivity index (χ1) is 12.8. The van der Waals surface area contributed by atoms with Gasteiger partial charge in [-0.3, -0.25) is 0 Å². The highest BCUT2D eigenvalue weighted by molar-refractivity contribution is 6.32. The second-order valence-electron chi connectivity index (χ2n) is 8.92. The van der Waals surface area contributed by atoms with Crippen LogP contribution in [-0.4, -0.2) is 15.9 Å². The van der Waals surface area contributed by atoms with Crippen molar-refractivity contribution in [3.63, 3.8) is 0 Å². The molecular weight excluding hydrogens is 344 g/mol. The molecule has 0 aliphatic heterocycles. The molecule has 0 aliphatic rings. The lowest BCUT2D eigenvalue weighted by Crippen LogP contribution is -2.27. The zero-order valence-corrected chi connectivity index (χ0v) is 20.3. The van der Waals surface area contributed by atoms with E-state index < -0.39 is 0 Å². The summed E-state index contributed by atoms with van der Waals surface area (Å²) in [5.74, 6) is 6.94. The lowest BCUT2D eigenvalue weighted by atomic mass is 10.00. The fourth-order valence-corrected chi connectivity index (χ4v) is 4.26. The first kappa shape index (κ1) is 26.5. The van der Waals surface area contributed by atoms with Crippen molar-refractivity contribution in [3.8, 4) is 11.8 Å². The lowest BCUT2D eigenvalue weighted by molar-refractivity contribution is 0.188. The van der Waals surface area contributed by atoms with Gasteiger partial charge in [-0.25, -0.2) is 0 Å². The molecule has 0 amide bonds. The summed E-state index contributed by atoms with van der Waals surface area (Å²) >= 11 is 0. The molecule has 2 atom stereocenters. The van der Waals surface area contributed by atoms with Crippen molar-refractivity contribution < 1.29 is 4.43 Å². The van der Waals surface area contributed by atoms with Crippen LogP contribution < -0.4 is 0 Å². The van der Waals surface area contributed by atoms with Gasteiger partial charge in [-0.15, -0.1) is 0 Å². The van der Waals surface area contributed by atoms with Crippen molar-refractivity contribution in [1.82, 2.24) is 0 Å². The molecule has 0 aliphatic carbocycles. The Balaban J connectivity index is 4.12. The van der Waals surface area contributed by atoms with Crippen molar-refractivity contribution in [1.29, 1.82) is 0 Å². The van der Waals surface area contributed by atoms with Gasteiger partial charge in [0.05, 0.1) is 0 Å². The molecule has 0 aromatic rings. The highest BCUT2D eigenvalue weighted by Crippen LogP contribution is 2.31. The van der Waals surface area contributed by atoms with E-state index >= 15 is 0 Å². The van der Waals surface area contributed by atoms with Crippen LogP contribution in [0.1, 0.15) is 119 Å². The predicted octanol–water partition coefficient (Wildman–Crippen LogP) is 8.13. The minimum atomic E-state index is 0.0439. The molecule has 2 unspecified atom stereocenters. The Kier molecular flexibility index (Phi) is 16.1. The maximum absolute atomic E-state index is 6.32. The Bertz CT molecular complexity index is 429. The van der Waals surface area contributed by atoms with Crippen LogP contribution in [-0.2, 0) is 4.43 Å². The Morgan fingerprint density at radius 2 is 1.52 bits per heavy atom. The minimum absolute atomic E-state index is 0.0439. The average molecular weight is 391 g/mol. The molecular formula is C25H46OSi. The number of rotatable bonds is 16. The van der Waals surface area contributed by atoms with Gasteiger partial charge in [-0.2, -0.15) is 0 Å². The van der Waals surface area contributed by atoms with Crippen LogP contribution in [0.4, 0.5) is 0 Å². The van der Waals surface area contributed by atoms with E-state index in [1.807, 2.05) is 6.92 Å². The van der Waals surface area contributed by atoms with Gasteiger partial charge in [0.25, 0.3) is 0 Å². The Labute approximate surface area is 174 Å². The van der Waals surface area contributed by atoms with E-state index in [2.05, 4.69) is 53.0 Å². The molecule has 0 saturated carbocycles. The summed E-state index contributed by atoms with van der Waals surface area (Å²) in [6.45, 7) is 17.3. The molecule has 0 fully saturated rings. The van der Waals surface area contributed by atoms with Gasteiger partial charge < -0.3 is 4.43 Å². The Morgan fingerprint density at radius 3 is 2.04 bits per heavy atom. The molecule has 27 heavy (non-hydrogen) atoms. The molecule has 0 aromatic heterocycles. The SMILES string of the molecule is C=C(C)C#CC(O[Si]C(C)(C)CCCCCCCCCCC)C(C)CCC. The van der Waals surface area contributed by atoms with E-state index in [1.165, 1.54) is 77.0 Å². The van der Waals surface area contributed by atoms with Gasteiger partial charge in [0, 0.05) is 0 Å². The second-order valence-corrected chi connectivity index (χ2v) is 10.7. The quantitative estimate of drug-likeness (QED) is 0.147. The first-order valence-electron chi connectivity index (χ1n) is 11.4. The van der Waals surface area contributed by atoms with E-state index in [9.17, 15) is 0 Å². The van der Waals surface area contributed by atoms with Crippen molar-refractivity contribution in [2.24, 2.45) is 5.92 Å². The normalized spacial score (nSPS) is 13.7. The van der Waals surface area contributed by atoms with E-state index in [-0.39, 0.29) is 11.1 Å². The van der Waals surface area contributed by atoms with Crippen LogP contribution in [0.15, 0.2) is 12.2 Å². The van der Waals surface area contributed by atoms with Crippen LogP contribution in [0, 0.1) is 17.8 Å². The summed E-state index contributed by atoms with van der Waals surface area (Å²) in [6.07, 6.45) is 16.2. The topological polar surface area (TPSA) is 9.23 Å². The van der Waals surface area contributed by atoms with E-state index in [4.69, 9.17) is 4.43 Å². The largest absolute Gasteiger partial charge is 0.403 e. The molecule has 0 aromatic carbocycles. The fraction of sp³-hybridized carbons (Fsp3) is 0.840. The highest BCUT2D eigenvalue weighted by Gasteiger charge is 2.24. The van der Waals surface area contributed by atoms with E-state index in [1.54, 1.807) is 0 Å². The zero-order valence-electron chi connectivity index (χ0n) is 19.3. The van der Waals surface area contributed by atoms with Gasteiger partial charge >= 0.3 is 0 Å². The van der Waals surface area contributed by atoms with Crippen LogP contribution in [0.3, 0.4) is 0 Å². The van der Waals surface area contributed by atoms with Crippen LogP contribution in [0.5, 0.6) is 0 Å². The summed E-state index contributed by atoms with van der Waals surface area (Å²) in [5, 5.41) is 0.260. The van der Waals surface area contributed by atoms with Crippen molar-refractivity contribution in [3.05, 3.63) is 12.2 Å². The monoisotopic (exact) mass is 390 g/mol. The lowest BCUT2D eigenvalue weighted by Gasteiger charge is -2.27. The smallest absolute Gasteiger partial charge is 0.237 e. The predicted molar refractivity (Wildman–Crippen MR) is 123 cm³/mol. The minimum Gasteiger partial charge on any atom is -0.403 e. The molecule has 2 heteroatoms. The van der Waals surface area contributed by atoms with Gasteiger partial charge in [-0.1, -0.05) is 117 Å². The third kappa shape index (κ3) is 16.2. The summed E-state index contributed by atoms with van der Waals surface area (Å²) in [6, 6.07) is 0. The standard InChI is InChI=1S/C25H46OSi/c1-8-10-11-12-13-14-15-16-17-21-25(6,7)27-26-24(20-19-22(3)4)23(5)18-9-2/h23-24H,3,8-18,21H2,1-2,4-7H3. The molecule has 156 valence electrons. The molecule has 2 radical (unpaired) electrons. The summed E-state index contributed by atoms with van der Waals surface area (Å²) in [4.78, 5) is 0. The Hall–Kier alpha value is -0.523. The third-order valence-corrected chi connectivity index (χ3v) is 6.23. The molecule has 0 bridgehead atoms. The van der Waals surface area contributed by atoms with Gasteiger partial charge in [0.1, 0.15) is 6.10 Å². The molecule has 0 rings (SSSR count). The van der Waals surface area contributed by atoms with E-state index in [0.717, 1.165) is 5.57 Å². The Morgan fingerprint density at radius 1 is 0.963 bits per heavy atom. The van der Waals surface area contributed by atoms with Crippen LogP contribution in [0.25, 0.3) is 0 Å². The molecule has 0 heterocycles. The fourth-order valence-electron chi connectivity index (χ4n) is 3.24. The third-order valence-electron chi connectivity index (χ3n) is 5.06. The number of hydrogen-bond donors (Lipinski definition) is 0. The summed E-state index contributed by atoms with van der Waals surface area (Å²) in [5.41, 5.74) is 0.921. The van der Waals surface area contributed by atoms with Crippen molar-refractivity contribution in [2.75, 3.05) is 0 Å². The van der Waals surface area contributed by atoms with Crippen molar-refractivity contribution >= 4 is 9.76 Å². The average Bonchev–Trinajstić information content (AvgIpc) is 2.60. The first-order valence-corrected chi connectivity index (χ1v) is 12.3. The number of unbranched alkanes of at least 4 members (excludes halogenated alkanes) is 8. The highest BCUT2D eigenvalue weighted by atomic mass is 28.2. The molecule has 0 N–H and O–H groups in total. The summed E-state index contributed by atoms with van der Waals surface area (Å²) in [7, 11) is 0.520. The van der Waals surface area contributed by atoms with Crippen LogP contribution in [0.2, 0.25) is 5.04 Å². The summed E-state index contributed by atoms with van der Waals surface area (Å²) < 4.78 is 6.32. The van der Waals surface area contributed by atoms with Gasteiger partial charge in [0.2, 0.25) is 9.76 Å². The number of hydrogen-bond acceptors (Lipinski definition) is 1. The van der Waals surface area contributed by atoms with Crippen molar-refractivity contribution in [2.45, 2.75) is 130 Å². The van der Waals surface area contributed by atoms with Crippen LogP contribution >= 0.6 is 0 Å². The van der Waals surface area contributed by atoms with Gasteiger partial charge in [0.15, 0.2) is 0 Å². The molecule has 0 saturated heterocycles. The maximum atomic E-state index is 6.32. The molecule has 1 nitrogen and oxygen atoms in total. The van der Waals surface area contributed by atoms with E-state index in [0.29, 0.717) is 15.7 Å². The van der Waals surface area contributed by atoms with Gasteiger partial charge in [-0.05, 0) is 36.3 Å². The zero-order chi connectivity index (χ0) is 20.5. The maximum Gasteiger partial charge on any atom is 0.237 e. The molecule has 0 spiro atoms. The second kappa shape index (κ2) is 16.4. The number of allylic oxidation sites excluding steroid dienone is 1.